The van der Waals surface area contributed by atoms with Gasteiger partial charge in [0.05, 0.1) is 13.7 Å². The molecule has 26 heavy (non-hydrogen) atoms. The summed E-state index contributed by atoms with van der Waals surface area (Å²) in [7, 11) is 3.46. The molecule has 5 nitrogen and oxygen atoms in total. The minimum atomic E-state index is 0. The third-order valence-electron chi connectivity index (χ3n) is 4.30. The Hall–Kier alpha value is -1.96. The molecule has 1 heterocycles. The number of aliphatic imine (C=N–C) groups is 1. The fraction of sp³-hybridized carbons (Fsp3) is 0.350. The first-order valence-corrected chi connectivity index (χ1v) is 8.60. The van der Waals surface area contributed by atoms with Gasteiger partial charge >= 0.3 is 0 Å². The van der Waals surface area contributed by atoms with Gasteiger partial charge in [-0.1, -0.05) is 30.3 Å². The lowest BCUT2D eigenvalue weighted by atomic mass is 10.1. The van der Waals surface area contributed by atoms with Gasteiger partial charge in [-0.3, -0.25) is 4.99 Å². The predicted molar refractivity (Wildman–Crippen MR) is 116 cm³/mol. The lowest BCUT2D eigenvalue weighted by molar-refractivity contribution is 0.235. The highest BCUT2D eigenvalue weighted by Gasteiger charge is 2.22. The van der Waals surface area contributed by atoms with Crippen molar-refractivity contribution < 1.29 is 9.47 Å². The number of ether oxygens (including phenoxy) is 2. The average molecular weight is 467 g/mol. The summed E-state index contributed by atoms with van der Waals surface area (Å²) in [5.74, 6) is 2.68. The Balaban J connectivity index is 0.00000243. The molecule has 2 N–H and O–H groups in total. The van der Waals surface area contributed by atoms with Crippen molar-refractivity contribution in [1.82, 2.24) is 10.6 Å². The van der Waals surface area contributed by atoms with Crippen molar-refractivity contribution in [1.29, 1.82) is 0 Å². The van der Waals surface area contributed by atoms with Crippen molar-refractivity contribution in [3.05, 3.63) is 59.7 Å². The normalized spacial score (nSPS) is 15.5. The van der Waals surface area contributed by atoms with E-state index in [1.165, 1.54) is 11.1 Å². The zero-order valence-electron chi connectivity index (χ0n) is 15.2. The standard InChI is InChI=1S/C20H25N3O2.HI/c1-21-20(22-12-11-15-7-9-17(24-2)10-8-15)23-14-18-13-16-5-3-4-6-19(16)25-18;/h3-10,18H,11-14H2,1-2H3,(H2,21,22,23);1H. The molecule has 1 aliphatic heterocycles. The highest BCUT2D eigenvalue weighted by atomic mass is 127. The summed E-state index contributed by atoms with van der Waals surface area (Å²) < 4.78 is 11.1. The van der Waals surface area contributed by atoms with E-state index in [4.69, 9.17) is 9.47 Å². The number of hydrogen-bond acceptors (Lipinski definition) is 3. The van der Waals surface area contributed by atoms with Crippen LogP contribution in [0.25, 0.3) is 0 Å². The summed E-state index contributed by atoms with van der Waals surface area (Å²) >= 11 is 0. The number of fused-ring (bicyclic) bond motifs is 1. The van der Waals surface area contributed by atoms with Crippen molar-refractivity contribution in [3.63, 3.8) is 0 Å². The van der Waals surface area contributed by atoms with Crippen LogP contribution in [0.5, 0.6) is 11.5 Å². The van der Waals surface area contributed by atoms with E-state index in [9.17, 15) is 0 Å². The lowest BCUT2D eigenvalue weighted by Crippen LogP contribution is -2.42. The van der Waals surface area contributed by atoms with Crippen molar-refractivity contribution in [2.24, 2.45) is 4.99 Å². The summed E-state index contributed by atoms with van der Waals surface area (Å²) in [5, 5.41) is 6.69. The van der Waals surface area contributed by atoms with E-state index < -0.39 is 0 Å². The second-order valence-corrected chi connectivity index (χ2v) is 6.03. The summed E-state index contributed by atoms with van der Waals surface area (Å²) in [6.07, 6.45) is 2.01. The van der Waals surface area contributed by atoms with Gasteiger partial charge in [0.1, 0.15) is 17.6 Å². The van der Waals surface area contributed by atoms with Gasteiger partial charge in [0, 0.05) is 20.0 Å². The van der Waals surface area contributed by atoms with Crippen LogP contribution in [0.15, 0.2) is 53.5 Å². The Labute approximate surface area is 172 Å². The molecule has 3 rings (SSSR count). The summed E-state index contributed by atoms with van der Waals surface area (Å²) in [6.45, 7) is 1.55. The van der Waals surface area contributed by atoms with E-state index in [1.54, 1.807) is 14.2 Å². The van der Waals surface area contributed by atoms with Crippen LogP contribution in [0.2, 0.25) is 0 Å². The third kappa shape index (κ3) is 5.52. The molecule has 6 heteroatoms. The maximum absolute atomic E-state index is 5.94. The fourth-order valence-corrected chi connectivity index (χ4v) is 2.92. The van der Waals surface area contributed by atoms with Crippen LogP contribution >= 0.6 is 24.0 Å². The van der Waals surface area contributed by atoms with E-state index in [-0.39, 0.29) is 30.1 Å². The van der Waals surface area contributed by atoms with Crippen LogP contribution in [0.1, 0.15) is 11.1 Å². The van der Waals surface area contributed by atoms with Crippen LogP contribution in [-0.4, -0.2) is 39.3 Å². The van der Waals surface area contributed by atoms with Gasteiger partial charge in [0.2, 0.25) is 0 Å². The van der Waals surface area contributed by atoms with Crippen molar-refractivity contribution in [2.75, 3.05) is 27.2 Å². The van der Waals surface area contributed by atoms with Crippen molar-refractivity contribution >= 4 is 29.9 Å². The molecule has 1 unspecified atom stereocenters. The number of hydrogen-bond donors (Lipinski definition) is 2. The van der Waals surface area contributed by atoms with Gasteiger partial charge in [-0.25, -0.2) is 0 Å². The quantitative estimate of drug-likeness (QED) is 0.390. The van der Waals surface area contributed by atoms with Crippen LogP contribution in [0.3, 0.4) is 0 Å². The van der Waals surface area contributed by atoms with E-state index in [0.717, 1.165) is 43.4 Å². The maximum Gasteiger partial charge on any atom is 0.191 e. The first kappa shape index (κ1) is 20.4. The number of guanidine groups is 1. The summed E-state index contributed by atoms with van der Waals surface area (Å²) in [5.41, 5.74) is 2.54. The van der Waals surface area contributed by atoms with Gasteiger partial charge in [-0.2, -0.15) is 0 Å². The zero-order valence-corrected chi connectivity index (χ0v) is 17.5. The van der Waals surface area contributed by atoms with E-state index in [1.807, 2.05) is 24.3 Å². The zero-order chi connectivity index (χ0) is 17.5. The third-order valence-corrected chi connectivity index (χ3v) is 4.30. The Morgan fingerprint density at radius 1 is 1.15 bits per heavy atom. The molecule has 0 amide bonds. The van der Waals surface area contributed by atoms with Gasteiger partial charge < -0.3 is 20.1 Å². The molecule has 0 aromatic heterocycles. The molecule has 140 valence electrons. The number of methoxy groups -OCH3 is 1. The molecule has 0 spiro atoms. The summed E-state index contributed by atoms with van der Waals surface area (Å²) in [4.78, 5) is 4.28. The summed E-state index contributed by atoms with van der Waals surface area (Å²) in [6, 6.07) is 16.3. The van der Waals surface area contributed by atoms with E-state index in [0.29, 0.717) is 0 Å². The molecule has 1 aliphatic rings. The van der Waals surface area contributed by atoms with Crippen molar-refractivity contribution in [2.45, 2.75) is 18.9 Å². The first-order valence-electron chi connectivity index (χ1n) is 8.60. The number of halogens is 1. The number of para-hydroxylation sites is 1. The average Bonchev–Trinajstić information content (AvgIpc) is 3.08. The Kier molecular flexibility index (Phi) is 8.03. The van der Waals surface area contributed by atoms with Crippen LogP contribution < -0.4 is 20.1 Å². The number of rotatable bonds is 6. The Morgan fingerprint density at radius 2 is 1.92 bits per heavy atom. The Morgan fingerprint density at radius 3 is 2.62 bits per heavy atom. The predicted octanol–water partition coefficient (Wildman–Crippen LogP) is 3.02. The lowest BCUT2D eigenvalue weighted by Gasteiger charge is -2.15. The largest absolute Gasteiger partial charge is 0.497 e. The SMILES string of the molecule is CN=C(NCCc1ccc(OC)cc1)NCC1Cc2ccccc2O1.I. The minimum Gasteiger partial charge on any atom is -0.497 e. The van der Waals surface area contributed by atoms with Crippen LogP contribution in [-0.2, 0) is 12.8 Å². The Bertz CT molecular complexity index is 694. The monoisotopic (exact) mass is 467 g/mol. The molecule has 0 saturated carbocycles. The number of nitrogens with one attached hydrogen (secondary N) is 2. The second kappa shape index (κ2) is 10.3. The van der Waals surface area contributed by atoms with Gasteiger partial charge in [-0.05, 0) is 35.7 Å². The first-order chi connectivity index (χ1) is 12.3. The molecule has 0 radical (unpaired) electrons. The molecular formula is C20H26IN3O2. The van der Waals surface area contributed by atoms with Gasteiger partial charge in [-0.15, -0.1) is 24.0 Å². The minimum absolute atomic E-state index is 0. The molecule has 0 bridgehead atoms. The fourth-order valence-electron chi connectivity index (χ4n) is 2.92. The molecule has 0 fully saturated rings. The highest BCUT2D eigenvalue weighted by Crippen LogP contribution is 2.27. The molecular weight excluding hydrogens is 441 g/mol. The van der Waals surface area contributed by atoms with Gasteiger partial charge in [0.15, 0.2) is 5.96 Å². The van der Waals surface area contributed by atoms with E-state index >= 15 is 0 Å². The second-order valence-electron chi connectivity index (χ2n) is 6.03. The van der Waals surface area contributed by atoms with Crippen molar-refractivity contribution in [3.8, 4) is 11.5 Å². The topological polar surface area (TPSA) is 54.9 Å². The molecule has 2 aromatic carbocycles. The smallest absolute Gasteiger partial charge is 0.191 e. The highest BCUT2D eigenvalue weighted by molar-refractivity contribution is 14.0. The van der Waals surface area contributed by atoms with Gasteiger partial charge in [0.25, 0.3) is 0 Å². The molecule has 0 aliphatic carbocycles. The molecule has 0 saturated heterocycles. The van der Waals surface area contributed by atoms with Crippen LogP contribution in [0, 0.1) is 0 Å². The van der Waals surface area contributed by atoms with Crippen LogP contribution in [0.4, 0.5) is 0 Å². The number of benzene rings is 2. The molecule has 1 atom stereocenters. The maximum atomic E-state index is 5.94. The molecule has 2 aromatic rings. The number of nitrogens with zero attached hydrogens (tertiary/aromatic N) is 1. The van der Waals surface area contributed by atoms with E-state index in [2.05, 4.69) is 39.9 Å².